The first-order chi connectivity index (χ1) is 7.30. The van der Waals surface area contributed by atoms with Crippen LogP contribution in [0.3, 0.4) is 0 Å². The summed E-state index contributed by atoms with van der Waals surface area (Å²) in [7, 11) is 0. The molecule has 16 heavy (non-hydrogen) atoms. The van der Waals surface area contributed by atoms with Gasteiger partial charge in [0.15, 0.2) is 5.78 Å². The highest BCUT2D eigenvalue weighted by molar-refractivity contribution is 9.11. The Morgan fingerprint density at radius 3 is 2.50 bits per heavy atom. The minimum atomic E-state index is -0.414. The molecule has 0 fully saturated rings. The monoisotopic (exact) mass is 303 g/mol. The predicted octanol–water partition coefficient (Wildman–Crippen LogP) is 2.86. The maximum atomic E-state index is 11.6. The van der Waals surface area contributed by atoms with E-state index in [1.165, 1.54) is 11.3 Å². The lowest BCUT2D eigenvalue weighted by atomic mass is 9.91. The molecule has 88 valence electrons. The van der Waals surface area contributed by atoms with E-state index in [2.05, 4.69) is 21.2 Å². The Morgan fingerprint density at radius 1 is 1.44 bits per heavy atom. The van der Waals surface area contributed by atoms with Crippen molar-refractivity contribution < 1.29 is 9.59 Å². The fourth-order valence-electron chi connectivity index (χ4n) is 0.957. The van der Waals surface area contributed by atoms with Crippen LogP contribution in [0.4, 0.5) is 0 Å². The average Bonchev–Trinajstić information content (AvgIpc) is 2.59. The first kappa shape index (κ1) is 13.4. The fourth-order valence-corrected chi connectivity index (χ4v) is 2.09. The number of carbonyl (C=O) groups excluding carboxylic acids is 2. The topological polar surface area (TPSA) is 46.2 Å². The summed E-state index contributed by atoms with van der Waals surface area (Å²) in [5.74, 6) is -0.185. The number of amides is 1. The predicted molar refractivity (Wildman–Crippen MR) is 68.8 cm³/mol. The molecule has 1 rings (SSSR count). The second-order valence-electron chi connectivity index (χ2n) is 4.50. The molecule has 0 atom stereocenters. The van der Waals surface area contributed by atoms with Gasteiger partial charge in [0, 0.05) is 10.8 Å². The molecule has 0 saturated heterocycles. The van der Waals surface area contributed by atoms with Crippen LogP contribution < -0.4 is 5.32 Å². The highest BCUT2D eigenvalue weighted by atomic mass is 79.9. The molecule has 3 nitrogen and oxygen atoms in total. The number of hydrogen-bond acceptors (Lipinski definition) is 3. The van der Waals surface area contributed by atoms with Crippen molar-refractivity contribution in [3.05, 3.63) is 20.8 Å². The smallest absolute Gasteiger partial charge is 0.252 e. The quantitative estimate of drug-likeness (QED) is 0.933. The van der Waals surface area contributed by atoms with Crippen LogP contribution in [0.25, 0.3) is 0 Å². The molecule has 5 heteroatoms. The zero-order valence-corrected chi connectivity index (χ0v) is 11.9. The van der Waals surface area contributed by atoms with E-state index in [0.717, 1.165) is 3.79 Å². The van der Waals surface area contributed by atoms with Gasteiger partial charge in [-0.25, -0.2) is 0 Å². The number of rotatable bonds is 3. The minimum absolute atomic E-state index is 0.0233. The van der Waals surface area contributed by atoms with Crippen LogP contribution in [-0.2, 0) is 4.79 Å². The van der Waals surface area contributed by atoms with Crippen LogP contribution >= 0.6 is 27.3 Å². The van der Waals surface area contributed by atoms with E-state index in [4.69, 9.17) is 0 Å². The van der Waals surface area contributed by atoms with Crippen molar-refractivity contribution in [3.63, 3.8) is 0 Å². The fraction of sp³-hybridized carbons (Fsp3) is 0.455. The van der Waals surface area contributed by atoms with Crippen LogP contribution in [0.1, 0.15) is 31.1 Å². The Balaban J connectivity index is 2.51. The number of ketones is 1. The molecule has 1 aromatic heterocycles. The molecular weight excluding hydrogens is 290 g/mol. The molecule has 0 bridgehead atoms. The van der Waals surface area contributed by atoms with Crippen LogP contribution in [0.15, 0.2) is 15.2 Å². The molecule has 0 aliphatic rings. The summed E-state index contributed by atoms with van der Waals surface area (Å²) in [4.78, 5) is 23.2. The zero-order chi connectivity index (χ0) is 12.3. The number of halogens is 1. The molecule has 1 heterocycles. The molecule has 0 aliphatic carbocycles. The molecule has 0 aromatic carbocycles. The average molecular weight is 304 g/mol. The van der Waals surface area contributed by atoms with Crippen molar-refractivity contribution in [2.75, 3.05) is 6.54 Å². The van der Waals surface area contributed by atoms with E-state index in [-0.39, 0.29) is 18.2 Å². The van der Waals surface area contributed by atoms with Gasteiger partial charge in [-0.3, -0.25) is 9.59 Å². The Labute approximate surface area is 107 Å². The zero-order valence-electron chi connectivity index (χ0n) is 9.46. The van der Waals surface area contributed by atoms with Crippen LogP contribution in [0.2, 0.25) is 0 Å². The third-order valence-corrected chi connectivity index (χ3v) is 3.58. The lowest BCUT2D eigenvalue weighted by Crippen LogP contribution is -2.35. The van der Waals surface area contributed by atoms with Crippen molar-refractivity contribution in [1.82, 2.24) is 5.32 Å². The molecule has 0 saturated carbocycles. The highest BCUT2D eigenvalue weighted by Crippen LogP contribution is 2.20. The first-order valence-electron chi connectivity index (χ1n) is 4.86. The molecule has 0 spiro atoms. The van der Waals surface area contributed by atoms with Crippen molar-refractivity contribution in [1.29, 1.82) is 0 Å². The van der Waals surface area contributed by atoms with Gasteiger partial charge in [0.25, 0.3) is 5.91 Å². The van der Waals surface area contributed by atoms with Crippen molar-refractivity contribution in [2.24, 2.45) is 5.41 Å². The third kappa shape index (κ3) is 3.72. The molecule has 1 amide bonds. The Hall–Kier alpha value is -0.680. The van der Waals surface area contributed by atoms with E-state index in [9.17, 15) is 9.59 Å². The Kier molecular flexibility index (Phi) is 4.27. The van der Waals surface area contributed by atoms with E-state index in [0.29, 0.717) is 5.56 Å². The molecule has 0 radical (unpaired) electrons. The van der Waals surface area contributed by atoms with Gasteiger partial charge in [-0.15, -0.1) is 11.3 Å². The third-order valence-electron chi connectivity index (χ3n) is 2.08. The lowest BCUT2D eigenvalue weighted by molar-refractivity contribution is -0.125. The summed E-state index contributed by atoms with van der Waals surface area (Å²) in [5.41, 5.74) is 0.168. The number of carbonyl (C=O) groups is 2. The molecule has 1 aromatic rings. The van der Waals surface area contributed by atoms with E-state index >= 15 is 0 Å². The second-order valence-corrected chi connectivity index (χ2v) is 6.79. The van der Waals surface area contributed by atoms with Crippen LogP contribution in [0.5, 0.6) is 0 Å². The van der Waals surface area contributed by atoms with Crippen molar-refractivity contribution >= 4 is 39.0 Å². The van der Waals surface area contributed by atoms with E-state index in [1.807, 2.05) is 20.8 Å². The molecule has 1 N–H and O–H groups in total. The molecule has 0 aliphatic heterocycles. The summed E-state index contributed by atoms with van der Waals surface area (Å²) < 4.78 is 0.903. The Morgan fingerprint density at radius 2 is 2.06 bits per heavy atom. The van der Waals surface area contributed by atoms with Crippen molar-refractivity contribution in [2.45, 2.75) is 20.8 Å². The largest absolute Gasteiger partial charge is 0.345 e. The van der Waals surface area contributed by atoms with E-state index in [1.54, 1.807) is 11.4 Å². The summed E-state index contributed by atoms with van der Waals surface area (Å²) in [6.45, 7) is 5.59. The summed E-state index contributed by atoms with van der Waals surface area (Å²) in [6, 6.07) is 1.74. The second kappa shape index (κ2) is 5.10. The highest BCUT2D eigenvalue weighted by Gasteiger charge is 2.21. The lowest BCUT2D eigenvalue weighted by Gasteiger charge is -2.16. The summed E-state index contributed by atoms with van der Waals surface area (Å²) in [6.07, 6.45) is 0. The molecular formula is C11H14BrNO2S. The maximum Gasteiger partial charge on any atom is 0.252 e. The number of thiophene rings is 1. The first-order valence-corrected chi connectivity index (χ1v) is 6.53. The van der Waals surface area contributed by atoms with Gasteiger partial charge in [0.05, 0.1) is 15.9 Å². The minimum Gasteiger partial charge on any atom is -0.345 e. The van der Waals surface area contributed by atoms with Gasteiger partial charge in [-0.1, -0.05) is 20.8 Å². The van der Waals surface area contributed by atoms with Gasteiger partial charge < -0.3 is 5.32 Å². The maximum absolute atomic E-state index is 11.6. The normalized spacial score (nSPS) is 11.2. The van der Waals surface area contributed by atoms with Gasteiger partial charge in [0.2, 0.25) is 0 Å². The standard InChI is InChI=1S/C11H14BrNO2S/c1-11(2,3)8(14)5-13-10(15)7-4-9(12)16-6-7/h4,6H,5H2,1-3H3,(H,13,15). The number of Topliss-reactive ketones (excluding diaryl/α,β-unsaturated/α-hetero) is 1. The Bertz CT molecular complexity index is 406. The van der Waals surface area contributed by atoms with Crippen LogP contribution in [-0.4, -0.2) is 18.2 Å². The van der Waals surface area contributed by atoms with E-state index < -0.39 is 5.41 Å². The SMILES string of the molecule is CC(C)(C)C(=O)CNC(=O)c1csc(Br)c1. The summed E-state index contributed by atoms with van der Waals surface area (Å²) in [5, 5.41) is 4.37. The van der Waals surface area contributed by atoms with Gasteiger partial charge >= 0.3 is 0 Å². The van der Waals surface area contributed by atoms with Crippen molar-refractivity contribution in [3.8, 4) is 0 Å². The van der Waals surface area contributed by atoms with Gasteiger partial charge in [-0.2, -0.15) is 0 Å². The number of nitrogens with one attached hydrogen (secondary N) is 1. The molecule has 0 unspecified atom stereocenters. The summed E-state index contributed by atoms with van der Waals surface area (Å²) >= 11 is 4.73. The number of hydrogen-bond donors (Lipinski definition) is 1. The van der Waals surface area contributed by atoms with Gasteiger partial charge in [-0.05, 0) is 22.0 Å². The van der Waals surface area contributed by atoms with Crippen LogP contribution in [0, 0.1) is 5.41 Å². The van der Waals surface area contributed by atoms with Gasteiger partial charge in [0.1, 0.15) is 0 Å².